The van der Waals surface area contributed by atoms with Crippen LogP contribution in [0.2, 0.25) is 0 Å². The molecule has 2 heterocycles. The van der Waals surface area contributed by atoms with E-state index in [9.17, 15) is 4.79 Å². The Bertz CT molecular complexity index is 626. The summed E-state index contributed by atoms with van der Waals surface area (Å²) in [7, 11) is 0. The van der Waals surface area contributed by atoms with Crippen LogP contribution < -0.4 is 11.4 Å². The maximum Gasteiger partial charge on any atom is 0.344 e. The molecular formula is C12H15N5OS. The number of nitrogens with one attached hydrogen (secondary N) is 1. The predicted octanol–water partition coefficient (Wildman–Crippen LogP) is 1.47. The highest BCUT2D eigenvalue weighted by molar-refractivity contribution is 7.99. The van der Waals surface area contributed by atoms with Crippen LogP contribution in [0.25, 0.3) is 0 Å². The molecule has 0 spiro atoms. The van der Waals surface area contributed by atoms with Gasteiger partial charge in [0.25, 0.3) is 0 Å². The van der Waals surface area contributed by atoms with Crippen molar-refractivity contribution in [1.82, 2.24) is 19.7 Å². The summed E-state index contributed by atoms with van der Waals surface area (Å²) in [6, 6.07) is 4.09. The van der Waals surface area contributed by atoms with Gasteiger partial charge in [-0.1, -0.05) is 0 Å². The summed E-state index contributed by atoms with van der Waals surface area (Å²) >= 11 is 1.44. The molecular weight excluding hydrogens is 262 g/mol. The van der Waals surface area contributed by atoms with E-state index in [4.69, 9.17) is 5.73 Å². The molecule has 100 valence electrons. The fourth-order valence-electron chi connectivity index (χ4n) is 1.84. The second-order valence-electron chi connectivity index (χ2n) is 4.72. The minimum absolute atomic E-state index is 0.0749. The molecule has 0 aliphatic heterocycles. The van der Waals surface area contributed by atoms with Gasteiger partial charge in [0.05, 0.1) is 5.69 Å². The number of H-pyrrole nitrogens is 1. The largest absolute Gasteiger partial charge is 0.344 e. The molecule has 2 aromatic heterocycles. The van der Waals surface area contributed by atoms with Crippen molar-refractivity contribution in [2.75, 3.05) is 0 Å². The Morgan fingerprint density at radius 3 is 2.89 bits per heavy atom. The molecule has 7 heteroatoms. The number of hydrogen-bond donors (Lipinski definition) is 2. The van der Waals surface area contributed by atoms with Crippen LogP contribution >= 0.6 is 11.8 Å². The van der Waals surface area contributed by atoms with Gasteiger partial charge in [0.2, 0.25) is 0 Å². The fraction of sp³-hybridized carbons (Fsp3) is 0.417. The van der Waals surface area contributed by atoms with E-state index in [0.29, 0.717) is 11.2 Å². The first-order chi connectivity index (χ1) is 9.15. The van der Waals surface area contributed by atoms with Crippen LogP contribution in [-0.2, 0) is 0 Å². The molecule has 0 aromatic carbocycles. The van der Waals surface area contributed by atoms with E-state index in [-0.39, 0.29) is 11.7 Å². The Kier molecular flexibility index (Phi) is 3.16. The van der Waals surface area contributed by atoms with Crippen molar-refractivity contribution in [3.63, 3.8) is 0 Å². The highest BCUT2D eigenvalue weighted by atomic mass is 32.2. The zero-order valence-electron chi connectivity index (χ0n) is 10.5. The first-order valence-electron chi connectivity index (χ1n) is 6.21. The number of nitrogens with two attached hydrogens (primary N) is 1. The second-order valence-corrected chi connectivity index (χ2v) is 5.76. The fourth-order valence-corrected chi connectivity index (χ4v) is 2.72. The van der Waals surface area contributed by atoms with E-state index in [1.165, 1.54) is 11.8 Å². The SMILES string of the molecule is C[C@H](N)c1ccc(Sc2n[nH]c(=O)n2C2CC2)cn1. The third kappa shape index (κ3) is 2.57. The van der Waals surface area contributed by atoms with Crippen LogP contribution in [-0.4, -0.2) is 19.7 Å². The topological polar surface area (TPSA) is 89.6 Å². The van der Waals surface area contributed by atoms with Gasteiger partial charge in [-0.15, -0.1) is 5.10 Å². The van der Waals surface area contributed by atoms with Gasteiger partial charge in [-0.2, -0.15) is 0 Å². The highest BCUT2D eigenvalue weighted by Crippen LogP contribution is 2.37. The van der Waals surface area contributed by atoms with Crippen molar-refractivity contribution in [3.8, 4) is 0 Å². The summed E-state index contributed by atoms with van der Waals surface area (Å²) in [6.45, 7) is 1.90. The van der Waals surface area contributed by atoms with Gasteiger partial charge in [-0.3, -0.25) is 9.55 Å². The van der Waals surface area contributed by atoms with Gasteiger partial charge in [-0.25, -0.2) is 9.89 Å². The molecule has 3 N–H and O–H groups in total. The summed E-state index contributed by atoms with van der Waals surface area (Å²) < 4.78 is 1.73. The standard InChI is InChI=1S/C12H15N5OS/c1-7(13)10-5-4-9(6-14-10)19-12-16-15-11(18)17(12)8-2-3-8/h4-8H,2-3,13H2,1H3,(H,15,18)/t7-/m0/s1. The molecule has 0 bridgehead atoms. The van der Waals surface area contributed by atoms with Crippen LogP contribution in [0.3, 0.4) is 0 Å². The summed E-state index contributed by atoms with van der Waals surface area (Å²) in [4.78, 5) is 16.9. The monoisotopic (exact) mass is 277 g/mol. The summed E-state index contributed by atoms with van der Waals surface area (Å²) in [5.41, 5.74) is 6.48. The van der Waals surface area contributed by atoms with Crippen LogP contribution in [0.1, 0.15) is 37.5 Å². The van der Waals surface area contributed by atoms with E-state index < -0.39 is 0 Å². The first kappa shape index (κ1) is 12.4. The highest BCUT2D eigenvalue weighted by Gasteiger charge is 2.28. The van der Waals surface area contributed by atoms with Crippen molar-refractivity contribution in [2.45, 2.75) is 41.9 Å². The lowest BCUT2D eigenvalue weighted by atomic mass is 10.2. The number of pyridine rings is 1. The molecule has 0 radical (unpaired) electrons. The Morgan fingerprint density at radius 2 is 2.32 bits per heavy atom. The first-order valence-corrected chi connectivity index (χ1v) is 7.03. The molecule has 19 heavy (non-hydrogen) atoms. The molecule has 1 fully saturated rings. The Morgan fingerprint density at radius 1 is 1.53 bits per heavy atom. The third-order valence-corrected chi connectivity index (χ3v) is 3.97. The quantitative estimate of drug-likeness (QED) is 0.883. The lowest BCUT2D eigenvalue weighted by Crippen LogP contribution is -2.16. The molecule has 1 aliphatic carbocycles. The van der Waals surface area contributed by atoms with Crippen molar-refractivity contribution in [3.05, 3.63) is 34.5 Å². The number of nitrogens with zero attached hydrogens (tertiary/aromatic N) is 3. The maximum atomic E-state index is 11.7. The number of hydrogen-bond acceptors (Lipinski definition) is 5. The van der Waals surface area contributed by atoms with Gasteiger partial charge in [0.15, 0.2) is 5.16 Å². The van der Waals surface area contributed by atoms with Crippen molar-refractivity contribution in [2.24, 2.45) is 5.73 Å². The Labute approximate surface area is 114 Å². The molecule has 6 nitrogen and oxygen atoms in total. The summed E-state index contributed by atoms with van der Waals surface area (Å²) in [5.74, 6) is 0. The van der Waals surface area contributed by atoms with Gasteiger partial charge in [0.1, 0.15) is 0 Å². The van der Waals surface area contributed by atoms with E-state index >= 15 is 0 Å². The number of aromatic nitrogens is 4. The number of rotatable bonds is 4. The summed E-state index contributed by atoms with van der Waals surface area (Å²) in [6.07, 6.45) is 3.86. The van der Waals surface area contributed by atoms with E-state index in [2.05, 4.69) is 15.2 Å². The lowest BCUT2D eigenvalue weighted by molar-refractivity contribution is 0.642. The van der Waals surface area contributed by atoms with E-state index in [1.807, 2.05) is 19.1 Å². The zero-order valence-corrected chi connectivity index (χ0v) is 11.4. The van der Waals surface area contributed by atoms with E-state index in [1.54, 1.807) is 10.8 Å². The van der Waals surface area contributed by atoms with Crippen LogP contribution in [0.4, 0.5) is 0 Å². The van der Waals surface area contributed by atoms with Gasteiger partial charge in [-0.05, 0) is 43.7 Å². The molecule has 2 aromatic rings. The average molecular weight is 277 g/mol. The summed E-state index contributed by atoms with van der Waals surface area (Å²) in [5, 5.41) is 7.27. The molecule has 0 amide bonds. The Hall–Kier alpha value is -1.60. The van der Waals surface area contributed by atoms with Gasteiger partial charge >= 0.3 is 5.69 Å². The van der Waals surface area contributed by atoms with E-state index in [0.717, 1.165) is 23.4 Å². The Balaban J connectivity index is 1.83. The minimum atomic E-state index is -0.134. The number of aromatic amines is 1. The molecule has 3 rings (SSSR count). The molecule has 1 atom stereocenters. The average Bonchev–Trinajstić information content (AvgIpc) is 3.16. The third-order valence-electron chi connectivity index (χ3n) is 3.02. The van der Waals surface area contributed by atoms with Crippen LogP contribution in [0.5, 0.6) is 0 Å². The minimum Gasteiger partial charge on any atom is -0.323 e. The zero-order chi connectivity index (χ0) is 13.4. The van der Waals surface area contributed by atoms with Gasteiger partial charge in [0, 0.05) is 23.2 Å². The van der Waals surface area contributed by atoms with Crippen molar-refractivity contribution >= 4 is 11.8 Å². The smallest absolute Gasteiger partial charge is 0.323 e. The van der Waals surface area contributed by atoms with Crippen molar-refractivity contribution in [1.29, 1.82) is 0 Å². The van der Waals surface area contributed by atoms with Crippen LogP contribution in [0, 0.1) is 0 Å². The van der Waals surface area contributed by atoms with Gasteiger partial charge < -0.3 is 5.73 Å². The maximum absolute atomic E-state index is 11.7. The molecule has 1 aliphatic rings. The predicted molar refractivity (Wildman–Crippen MR) is 72.1 cm³/mol. The normalized spacial score (nSPS) is 16.5. The molecule has 0 saturated heterocycles. The lowest BCUT2D eigenvalue weighted by Gasteiger charge is -2.06. The molecule has 0 unspecified atom stereocenters. The second kappa shape index (κ2) is 4.82. The van der Waals surface area contributed by atoms with Crippen molar-refractivity contribution < 1.29 is 0 Å². The van der Waals surface area contributed by atoms with Crippen LogP contribution in [0.15, 0.2) is 33.2 Å². The molecule has 1 saturated carbocycles.